The van der Waals surface area contributed by atoms with Crippen molar-refractivity contribution in [3.8, 4) is 5.69 Å². The van der Waals surface area contributed by atoms with Crippen molar-refractivity contribution in [3.05, 3.63) is 46.4 Å². The summed E-state index contributed by atoms with van der Waals surface area (Å²) in [7, 11) is 1.78. The molecule has 0 bridgehead atoms. The van der Waals surface area contributed by atoms with Crippen LogP contribution < -0.4 is 10.9 Å². The highest BCUT2D eigenvalue weighted by molar-refractivity contribution is 5.85. The van der Waals surface area contributed by atoms with Gasteiger partial charge >= 0.3 is 5.97 Å². The number of halogens is 2. The monoisotopic (exact) mass is 389 g/mol. The van der Waals surface area contributed by atoms with Crippen molar-refractivity contribution in [2.45, 2.75) is 33.2 Å². The summed E-state index contributed by atoms with van der Waals surface area (Å²) in [5.74, 6) is -0.739. The van der Waals surface area contributed by atoms with Gasteiger partial charge in [0.2, 0.25) is 0 Å². The first-order valence-electron chi connectivity index (χ1n) is 7.66. The molecule has 1 aromatic heterocycles. The number of nitrogens with zero attached hydrogens (tertiary/aromatic N) is 2. The summed E-state index contributed by atoms with van der Waals surface area (Å²) in [5.41, 5.74) is 1.54. The molecular formula is C17H25Cl2N3O3. The predicted octanol–water partition coefficient (Wildman–Crippen LogP) is 3.24. The van der Waals surface area contributed by atoms with Gasteiger partial charge < -0.3 is 10.4 Å². The van der Waals surface area contributed by atoms with Crippen molar-refractivity contribution in [3.63, 3.8) is 0 Å². The number of para-hydroxylation sites is 1. The highest BCUT2D eigenvalue weighted by atomic mass is 35.5. The van der Waals surface area contributed by atoms with Gasteiger partial charge in [-0.3, -0.25) is 9.48 Å². The van der Waals surface area contributed by atoms with Crippen LogP contribution in [-0.4, -0.2) is 26.5 Å². The van der Waals surface area contributed by atoms with E-state index in [4.69, 9.17) is 0 Å². The van der Waals surface area contributed by atoms with Gasteiger partial charge in [-0.05, 0) is 31.4 Å². The van der Waals surface area contributed by atoms with Crippen LogP contribution in [-0.2, 0) is 11.8 Å². The van der Waals surface area contributed by atoms with E-state index < -0.39 is 12.0 Å². The quantitative estimate of drug-likeness (QED) is 0.794. The van der Waals surface area contributed by atoms with Gasteiger partial charge in [-0.15, -0.1) is 24.8 Å². The number of nitrogens with one attached hydrogen (secondary N) is 1. The molecule has 0 aliphatic heterocycles. The first kappa shape index (κ1) is 23.1. The number of rotatable bonds is 6. The first-order valence-corrected chi connectivity index (χ1v) is 7.66. The van der Waals surface area contributed by atoms with Crippen LogP contribution in [0.25, 0.3) is 5.69 Å². The molecule has 6 nitrogen and oxygen atoms in total. The van der Waals surface area contributed by atoms with Gasteiger partial charge in [0.25, 0.3) is 5.56 Å². The number of hydrogen-bond donors (Lipinski definition) is 2. The first-order chi connectivity index (χ1) is 10.8. The Balaban J connectivity index is 0.00000288. The van der Waals surface area contributed by atoms with Crippen LogP contribution in [0.3, 0.4) is 0 Å². The Labute approximate surface area is 159 Å². The number of hydrogen-bond acceptors (Lipinski definition) is 3. The van der Waals surface area contributed by atoms with Crippen LogP contribution in [0.15, 0.2) is 35.1 Å². The lowest BCUT2D eigenvalue weighted by molar-refractivity contribution is -0.138. The number of aliphatic carboxylic acids is 1. The molecule has 1 heterocycles. The molecule has 140 valence electrons. The maximum absolute atomic E-state index is 12.7. The highest BCUT2D eigenvalue weighted by Crippen LogP contribution is 2.17. The summed E-state index contributed by atoms with van der Waals surface area (Å²) in [4.78, 5) is 24.2. The molecule has 0 saturated carbocycles. The number of anilines is 1. The summed E-state index contributed by atoms with van der Waals surface area (Å²) in [5, 5.41) is 12.3. The Bertz CT molecular complexity index is 754. The Morgan fingerprint density at radius 3 is 2.24 bits per heavy atom. The van der Waals surface area contributed by atoms with E-state index in [1.165, 1.54) is 4.68 Å². The van der Waals surface area contributed by atoms with Crippen LogP contribution in [0.4, 0.5) is 5.69 Å². The fraction of sp³-hybridized carbons (Fsp3) is 0.412. The molecule has 1 atom stereocenters. The minimum atomic E-state index is -0.951. The third kappa shape index (κ3) is 5.03. The Hall–Kier alpha value is -1.92. The molecule has 2 aromatic rings. The maximum Gasteiger partial charge on any atom is 0.326 e. The van der Waals surface area contributed by atoms with Crippen molar-refractivity contribution >= 4 is 36.5 Å². The second-order valence-electron chi connectivity index (χ2n) is 6.10. The summed E-state index contributed by atoms with van der Waals surface area (Å²) >= 11 is 0. The summed E-state index contributed by atoms with van der Waals surface area (Å²) < 4.78 is 3.26. The van der Waals surface area contributed by atoms with E-state index in [2.05, 4.69) is 5.32 Å². The molecule has 0 fully saturated rings. The molecule has 1 aromatic carbocycles. The summed E-state index contributed by atoms with van der Waals surface area (Å²) in [6.07, 6.45) is 0.453. The number of carbonyl (C=O) groups is 1. The average Bonchev–Trinajstić information content (AvgIpc) is 2.70. The third-order valence-electron chi connectivity index (χ3n) is 3.88. The van der Waals surface area contributed by atoms with Gasteiger partial charge in [-0.2, -0.15) is 0 Å². The molecule has 1 unspecified atom stereocenters. The van der Waals surface area contributed by atoms with E-state index in [0.717, 1.165) is 5.69 Å². The largest absolute Gasteiger partial charge is 0.480 e. The normalized spacial score (nSPS) is 11.4. The second kappa shape index (κ2) is 9.53. The average molecular weight is 390 g/mol. The van der Waals surface area contributed by atoms with Crippen LogP contribution in [0.2, 0.25) is 0 Å². The molecule has 0 spiro atoms. The van der Waals surface area contributed by atoms with Crippen LogP contribution in [0.5, 0.6) is 0 Å². The SMILES string of the molecule is Cc1c(NC(CC(C)C)C(=O)O)c(=O)n(-c2ccccc2)n1C.Cl.Cl. The zero-order valence-corrected chi connectivity index (χ0v) is 16.4. The maximum atomic E-state index is 12.7. The minimum Gasteiger partial charge on any atom is -0.480 e. The zero-order valence-electron chi connectivity index (χ0n) is 14.7. The Morgan fingerprint density at radius 1 is 1.20 bits per heavy atom. The third-order valence-corrected chi connectivity index (χ3v) is 3.88. The zero-order chi connectivity index (χ0) is 17.1. The summed E-state index contributed by atoms with van der Waals surface area (Å²) in [6, 6.07) is 8.49. The van der Waals surface area contributed by atoms with Crippen molar-refractivity contribution in [1.29, 1.82) is 0 Å². The van der Waals surface area contributed by atoms with E-state index in [9.17, 15) is 14.7 Å². The highest BCUT2D eigenvalue weighted by Gasteiger charge is 2.23. The van der Waals surface area contributed by atoms with E-state index in [0.29, 0.717) is 17.8 Å². The van der Waals surface area contributed by atoms with Crippen LogP contribution in [0, 0.1) is 12.8 Å². The minimum absolute atomic E-state index is 0. The van der Waals surface area contributed by atoms with Crippen molar-refractivity contribution in [2.24, 2.45) is 13.0 Å². The molecule has 8 heteroatoms. The summed E-state index contributed by atoms with van der Waals surface area (Å²) in [6.45, 7) is 5.72. The fourth-order valence-corrected chi connectivity index (χ4v) is 2.60. The number of carboxylic acids is 1. The number of aromatic nitrogens is 2. The van der Waals surface area contributed by atoms with Gasteiger partial charge in [0.1, 0.15) is 11.7 Å². The van der Waals surface area contributed by atoms with E-state index >= 15 is 0 Å². The molecule has 0 radical (unpaired) electrons. The Morgan fingerprint density at radius 2 is 1.76 bits per heavy atom. The van der Waals surface area contributed by atoms with Gasteiger partial charge in [-0.25, -0.2) is 9.48 Å². The molecule has 25 heavy (non-hydrogen) atoms. The lowest BCUT2D eigenvalue weighted by Gasteiger charge is -2.16. The smallest absolute Gasteiger partial charge is 0.326 e. The molecule has 0 amide bonds. The van der Waals surface area contributed by atoms with Gasteiger partial charge in [0.05, 0.1) is 11.4 Å². The van der Waals surface area contributed by atoms with E-state index in [1.807, 2.05) is 44.2 Å². The van der Waals surface area contributed by atoms with Gasteiger partial charge in [-0.1, -0.05) is 32.0 Å². The molecular weight excluding hydrogens is 365 g/mol. The van der Waals surface area contributed by atoms with E-state index in [-0.39, 0.29) is 36.3 Å². The fourth-order valence-electron chi connectivity index (χ4n) is 2.60. The van der Waals surface area contributed by atoms with Gasteiger partial charge in [0.15, 0.2) is 0 Å². The van der Waals surface area contributed by atoms with Crippen molar-refractivity contribution < 1.29 is 9.90 Å². The standard InChI is InChI=1S/C17H23N3O3.2ClH/c1-11(2)10-14(17(22)23)18-15-12(3)19(4)20(16(15)21)13-8-6-5-7-9-13;;/h5-9,11,14,18H,10H2,1-4H3,(H,22,23);2*1H. The van der Waals surface area contributed by atoms with E-state index in [1.54, 1.807) is 18.7 Å². The second-order valence-corrected chi connectivity index (χ2v) is 6.10. The lowest BCUT2D eigenvalue weighted by atomic mass is 10.0. The van der Waals surface area contributed by atoms with Crippen molar-refractivity contribution in [2.75, 3.05) is 5.32 Å². The van der Waals surface area contributed by atoms with Crippen LogP contribution >= 0.6 is 24.8 Å². The molecule has 0 saturated heterocycles. The number of benzene rings is 1. The van der Waals surface area contributed by atoms with Crippen molar-refractivity contribution in [1.82, 2.24) is 9.36 Å². The molecule has 2 rings (SSSR count). The molecule has 2 N–H and O–H groups in total. The predicted molar refractivity (Wildman–Crippen MR) is 105 cm³/mol. The topological polar surface area (TPSA) is 76.3 Å². The molecule has 0 aliphatic rings. The number of carboxylic acid groups (broad SMARTS) is 1. The Kier molecular flexibility index (Phi) is 8.80. The molecule has 0 aliphatic carbocycles. The van der Waals surface area contributed by atoms with Gasteiger partial charge in [0, 0.05) is 7.05 Å². The van der Waals surface area contributed by atoms with Crippen LogP contribution in [0.1, 0.15) is 26.0 Å². The lowest BCUT2D eigenvalue weighted by Crippen LogP contribution is -2.33.